The zero-order valence-electron chi connectivity index (χ0n) is 13.6. The van der Waals surface area contributed by atoms with E-state index in [1.165, 1.54) is 11.1 Å². The van der Waals surface area contributed by atoms with Crippen LogP contribution in [0.4, 0.5) is 0 Å². The smallest absolute Gasteiger partial charge is 0.168 e. The maximum atomic E-state index is 5.38. The second-order valence-electron chi connectivity index (χ2n) is 5.18. The van der Waals surface area contributed by atoms with Gasteiger partial charge in [-0.15, -0.1) is 0 Å². The number of imidazole rings is 1. The van der Waals surface area contributed by atoms with Gasteiger partial charge in [0.15, 0.2) is 16.7 Å². The Morgan fingerprint density at radius 3 is 2.57 bits per heavy atom. The minimum absolute atomic E-state index is 0.758. The van der Waals surface area contributed by atoms with E-state index < -0.39 is 0 Å². The minimum Gasteiger partial charge on any atom is -0.493 e. The van der Waals surface area contributed by atoms with Gasteiger partial charge in [-0.25, -0.2) is 4.98 Å². The highest BCUT2D eigenvalue weighted by Crippen LogP contribution is 2.28. The Morgan fingerprint density at radius 1 is 1.04 bits per heavy atom. The first-order chi connectivity index (χ1) is 11.3. The van der Waals surface area contributed by atoms with Gasteiger partial charge in [0, 0.05) is 6.54 Å². The predicted molar refractivity (Wildman–Crippen MR) is 94.8 cm³/mol. The molecular weight excluding hydrogens is 308 g/mol. The van der Waals surface area contributed by atoms with Gasteiger partial charge >= 0.3 is 0 Å². The third-order valence-corrected chi connectivity index (χ3v) is 4.55. The molecule has 0 radical (unpaired) electrons. The van der Waals surface area contributed by atoms with Gasteiger partial charge in [0.1, 0.15) is 0 Å². The molecule has 0 unspecified atom stereocenters. The topological polar surface area (TPSA) is 36.3 Å². The van der Waals surface area contributed by atoms with Crippen LogP contribution >= 0.6 is 11.8 Å². The van der Waals surface area contributed by atoms with Crippen molar-refractivity contribution in [2.24, 2.45) is 0 Å². The molecule has 120 valence electrons. The minimum atomic E-state index is 0.758. The number of fused-ring (bicyclic) bond motifs is 1. The molecule has 0 fully saturated rings. The van der Waals surface area contributed by atoms with Crippen LogP contribution in [0, 0.1) is 0 Å². The lowest BCUT2D eigenvalue weighted by atomic mass is 10.1. The lowest BCUT2D eigenvalue weighted by molar-refractivity contribution is 0.354. The second kappa shape index (κ2) is 6.96. The number of hydrogen-bond donors (Lipinski definition) is 0. The summed E-state index contributed by atoms with van der Waals surface area (Å²) in [5.74, 6) is 1.53. The van der Waals surface area contributed by atoms with Gasteiger partial charge < -0.3 is 14.0 Å². The van der Waals surface area contributed by atoms with Gasteiger partial charge in [0.2, 0.25) is 0 Å². The Hall–Kier alpha value is -2.14. The average molecular weight is 328 g/mol. The molecule has 0 saturated heterocycles. The Morgan fingerprint density at radius 2 is 1.83 bits per heavy atom. The van der Waals surface area contributed by atoms with Gasteiger partial charge in [-0.05, 0) is 42.5 Å². The van der Waals surface area contributed by atoms with Crippen LogP contribution in [0.5, 0.6) is 11.5 Å². The van der Waals surface area contributed by atoms with E-state index in [0.717, 1.165) is 35.1 Å². The van der Waals surface area contributed by atoms with E-state index in [1.807, 2.05) is 18.2 Å². The second-order valence-corrected chi connectivity index (χ2v) is 5.95. The van der Waals surface area contributed by atoms with Crippen LogP contribution in [0.2, 0.25) is 0 Å². The summed E-state index contributed by atoms with van der Waals surface area (Å²) in [5, 5.41) is 1.05. The summed E-state index contributed by atoms with van der Waals surface area (Å²) in [7, 11) is 3.32. The molecule has 0 bridgehead atoms. The van der Waals surface area contributed by atoms with Crippen LogP contribution in [-0.4, -0.2) is 30.0 Å². The average Bonchev–Trinajstić information content (AvgIpc) is 2.97. The quantitative estimate of drug-likeness (QED) is 0.640. The summed E-state index contributed by atoms with van der Waals surface area (Å²) in [6, 6.07) is 14.3. The Balaban J connectivity index is 1.86. The molecule has 2 aromatic carbocycles. The number of rotatable bonds is 6. The van der Waals surface area contributed by atoms with Crippen LogP contribution in [0.1, 0.15) is 5.56 Å². The molecule has 0 spiro atoms. The van der Waals surface area contributed by atoms with Crippen molar-refractivity contribution in [2.45, 2.75) is 18.1 Å². The van der Waals surface area contributed by atoms with Crippen molar-refractivity contribution in [3.63, 3.8) is 0 Å². The summed E-state index contributed by atoms with van der Waals surface area (Å²) in [6.07, 6.45) is 2.97. The molecule has 3 rings (SSSR count). The first-order valence-corrected chi connectivity index (χ1v) is 8.69. The summed E-state index contributed by atoms with van der Waals surface area (Å²) in [4.78, 5) is 4.69. The fourth-order valence-electron chi connectivity index (χ4n) is 2.70. The SMILES string of the molecule is COc1ccc(CCn2c(SC)nc3ccccc32)cc1OC. The van der Waals surface area contributed by atoms with Gasteiger partial charge in [-0.3, -0.25) is 0 Å². The van der Waals surface area contributed by atoms with Crippen molar-refractivity contribution in [3.8, 4) is 11.5 Å². The molecule has 0 N–H and O–H groups in total. The number of hydrogen-bond acceptors (Lipinski definition) is 4. The van der Waals surface area contributed by atoms with Crippen molar-refractivity contribution in [1.82, 2.24) is 9.55 Å². The Kier molecular flexibility index (Phi) is 4.76. The normalized spacial score (nSPS) is 10.9. The van der Waals surface area contributed by atoms with Gasteiger partial charge in [-0.2, -0.15) is 0 Å². The number of aryl methyl sites for hydroxylation is 2. The molecule has 0 aliphatic carbocycles. The molecular formula is C18H20N2O2S. The summed E-state index contributed by atoms with van der Waals surface area (Å²) >= 11 is 1.68. The number of methoxy groups -OCH3 is 2. The number of aromatic nitrogens is 2. The highest BCUT2D eigenvalue weighted by molar-refractivity contribution is 7.98. The zero-order valence-corrected chi connectivity index (χ0v) is 14.4. The van der Waals surface area contributed by atoms with Gasteiger partial charge in [-0.1, -0.05) is 30.0 Å². The van der Waals surface area contributed by atoms with Crippen molar-refractivity contribution < 1.29 is 9.47 Å². The van der Waals surface area contributed by atoms with E-state index in [9.17, 15) is 0 Å². The highest BCUT2D eigenvalue weighted by Gasteiger charge is 2.10. The standard InChI is InChI=1S/C18H20N2O2S/c1-21-16-9-8-13(12-17(16)22-2)10-11-20-15-7-5-4-6-14(15)19-18(20)23-3/h4-9,12H,10-11H2,1-3H3. The van der Waals surface area contributed by atoms with Crippen LogP contribution in [0.3, 0.4) is 0 Å². The number of ether oxygens (including phenoxy) is 2. The first kappa shape index (κ1) is 15.7. The summed E-state index contributed by atoms with van der Waals surface area (Å²) < 4.78 is 12.9. The lowest BCUT2D eigenvalue weighted by Gasteiger charge is -2.11. The molecule has 0 saturated carbocycles. The molecule has 0 aliphatic rings. The van der Waals surface area contributed by atoms with E-state index in [-0.39, 0.29) is 0 Å². The zero-order chi connectivity index (χ0) is 16.2. The predicted octanol–water partition coefficient (Wildman–Crippen LogP) is 4.02. The van der Waals surface area contributed by atoms with Gasteiger partial charge in [0.05, 0.1) is 25.3 Å². The first-order valence-electron chi connectivity index (χ1n) is 7.47. The van der Waals surface area contributed by atoms with Crippen molar-refractivity contribution >= 4 is 22.8 Å². The van der Waals surface area contributed by atoms with E-state index in [1.54, 1.807) is 26.0 Å². The van der Waals surface area contributed by atoms with Gasteiger partial charge in [0.25, 0.3) is 0 Å². The molecule has 3 aromatic rings. The van der Waals surface area contributed by atoms with Crippen molar-refractivity contribution in [1.29, 1.82) is 0 Å². The molecule has 0 atom stereocenters. The fourth-order valence-corrected chi connectivity index (χ4v) is 3.30. The van der Waals surface area contributed by atoms with E-state index in [4.69, 9.17) is 9.47 Å². The fraction of sp³-hybridized carbons (Fsp3) is 0.278. The maximum Gasteiger partial charge on any atom is 0.168 e. The number of para-hydroxylation sites is 2. The van der Waals surface area contributed by atoms with E-state index in [2.05, 4.69) is 40.1 Å². The third-order valence-electron chi connectivity index (χ3n) is 3.87. The molecule has 4 nitrogen and oxygen atoms in total. The van der Waals surface area contributed by atoms with Crippen LogP contribution in [-0.2, 0) is 13.0 Å². The Bertz CT molecular complexity index is 814. The third kappa shape index (κ3) is 3.15. The van der Waals surface area contributed by atoms with Crippen molar-refractivity contribution in [2.75, 3.05) is 20.5 Å². The molecule has 23 heavy (non-hydrogen) atoms. The van der Waals surface area contributed by atoms with Crippen LogP contribution in [0.25, 0.3) is 11.0 Å². The Labute approximate surface area is 140 Å². The van der Waals surface area contributed by atoms with Crippen molar-refractivity contribution in [3.05, 3.63) is 48.0 Å². The number of thioether (sulfide) groups is 1. The molecule has 5 heteroatoms. The molecule has 1 heterocycles. The van der Waals surface area contributed by atoms with E-state index >= 15 is 0 Å². The highest BCUT2D eigenvalue weighted by atomic mass is 32.2. The monoisotopic (exact) mass is 328 g/mol. The van der Waals surface area contributed by atoms with Crippen LogP contribution in [0.15, 0.2) is 47.6 Å². The maximum absolute atomic E-state index is 5.38. The molecule has 1 aromatic heterocycles. The largest absolute Gasteiger partial charge is 0.493 e. The lowest BCUT2D eigenvalue weighted by Crippen LogP contribution is -2.03. The number of benzene rings is 2. The molecule has 0 aliphatic heterocycles. The summed E-state index contributed by atoms with van der Waals surface area (Å²) in [5.41, 5.74) is 3.44. The molecule has 0 amide bonds. The summed E-state index contributed by atoms with van der Waals surface area (Å²) in [6.45, 7) is 0.881. The van der Waals surface area contributed by atoms with Crippen LogP contribution < -0.4 is 9.47 Å². The van der Waals surface area contributed by atoms with E-state index in [0.29, 0.717) is 0 Å². The number of nitrogens with zero attached hydrogens (tertiary/aromatic N) is 2.